The first-order chi connectivity index (χ1) is 6.27. The molecular formula is C11H25Cl2N. The van der Waals surface area contributed by atoms with Crippen LogP contribution in [0.15, 0.2) is 0 Å². The van der Waals surface area contributed by atoms with Crippen LogP contribution in [0, 0.1) is 0 Å². The van der Waals surface area contributed by atoms with E-state index in [1.54, 1.807) is 0 Å². The van der Waals surface area contributed by atoms with Crippen LogP contribution in [-0.2, 0) is 0 Å². The van der Waals surface area contributed by atoms with E-state index in [-0.39, 0.29) is 12.4 Å². The maximum absolute atomic E-state index is 5.59. The molecule has 0 atom stereocenters. The quantitative estimate of drug-likeness (QED) is 0.437. The second kappa shape index (κ2) is 13.5. The summed E-state index contributed by atoms with van der Waals surface area (Å²) in [4.78, 5) is 2.26. The molecule has 0 unspecified atom stereocenters. The van der Waals surface area contributed by atoms with Gasteiger partial charge in [-0.15, -0.1) is 24.0 Å². The average molecular weight is 242 g/mol. The molecule has 0 radical (unpaired) electrons. The molecule has 14 heavy (non-hydrogen) atoms. The lowest BCUT2D eigenvalue weighted by molar-refractivity contribution is 0.389. The predicted molar refractivity (Wildman–Crippen MR) is 68.8 cm³/mol. The van der Waals surface area contributed by atoms with Crippen LogP contribution < -0.4 is 0 Å². The highest BCUT2D eigenvalue weighted by Crippen LogP contribution is 2.07. The topological polar surface area (TPSA) is 3.24 Å². The van der Waals surface area contributed by atoms with E-state index in [4.69, 9.17) is 11.6 Å². The Kier molecular flexibility index (Phi) is 16.4. The van der Waals surface area contributed by atoms with Gasteiger partial charge in [0.25, 0.3) is 0 Å². The van der Waals surface area contributed by atoms with Gasteiger partial charge in [-0.2, -0.15) is 0 Å². The van der Waals surface area contributed by atoms with Gasteiger partial charge in [-0.1, -0.05) is 32.1 Å². The molecule has 0 aliphatic carbocycles. The minimum atomic E-state index is 0. The molecule has 0 saturated carbocycles. The Balaban J connectivity index is 0. The first-order valence-corrected chi connectivity index (χ1v) is 6.01. The summed E-state index contributed by atoms with van der Waals surface area (Å²) in [6.07, 6.45) is 9.41. The second-order valence-electron chi connectivity index (χ2n) is 3.97. The van der Waals surface area contributed by atoms with E-state index >= 15 is 0 Å². The Morgan fingerprint density at radius 3 is 1.64 bits per heavy atom. The molecule has 0 spiro atoms. The normalized spacial score (nSPS) is 10.3. The molecule has 3 heteroatoms. The standard InChI is InChI=1S/C11H24ClN.ClH/c1-13(2)11-9-7-5-3-4-6-8-10-12;/h3-11H2,1-2H3;1H. The lowest BCUT2D eigenvalue weighted by Gasteiger charge is -2.08. The van der Waals surface area contributed by atoms with Gasteiger partial charge in [0.2, 0.25) is 0 Å². The zero-order valence-corrected chi connectivity index (χ0v) is 11.2. The second-order valence-corrected chi connectivity index (χ2v) is 4.35. The van der Waals surface area contributed by atoms with Crippen molar-refractivity contribution < 1.29 is 0 Å². The third kappa shape index (κ3) is 15.0. The van der Waals surface area contributed by atoms with E-state index in [1.165, 1.54) is 51.5 Å². The molecule has 0 bridgehead atoms. The van der Waals surface area contributed by atoms with Gasteiger partial charge in [-0.3, -0.25) is 0 Å². The molecule has 0 fully saturated rings. The highest BCUT2D eigenvalue weighted by molar-refractivity contribution is 6.17. The summed E-state index contributed by atoms with van der Waals surface area (Å²) in [5, 5.41) is 0. The molecular weight excluding hydrogens is 217 g/mol. The first kappa shape index (κ1) is 17.0. The summed E-state index contributed by atoms with van der Waals surface area (Å²) in [5.41, 5.74) is 0. The third-order valence-corrected chi connectivity index (χ3v) is 2.51. The number of hydrogen-bond acceptors (Lipinski definition) is 1. The zero-order chi connectivity index (χ0) is 9.94. The molecule has 0 rings (SSSR count). The van der Waals surface area contributed by atoms with Gasteiger partial charge in [-0.05, 0) is 33.5 Å². The minimum Gasteiger partial charge on any atom is -0.309 e. The summed E-state index contributed by atoms with van der Waals surface area (Å²) in [6, 6.07) is 0. The van der Waals surface area contributed by atoms with Crippen LogP contribution >= 0.6 is 24.0 Å². The van der Waals surface area contributed by atoms with Gasteiger partial charge in [0.15, 0.2) is 0 Å². The molecule has 0 aliphatic heterocycles. The molecule has 0 saturated heterocycles. The lowest BCUT2D eigenvalue weighted by atomic mass is 10.1. The molecule has 0 aromatic rings. The summed E-state index contributed by atoms with van der Waals surface area (Å²) in [6.45, 7) is 1.24. The van der Waals surface area contributed by atoms with Gasteiger partial charge in [0.05, 0.1) is 0 Å². The highest BCUT2D eigenvalue weighted by Gasteiger charge is 1.92. The summed E-state index contributed by atoms with van der Waals surface area (Å²) in [5.74, 6) is 0.834. The molecule has 0 aliphatic rings. The van der Waals surface area contributed by atoms with Gasteiger partial charge >= 0.3 is 0 Å². The van der Waals surface area contributed by atoms with Crippen molar-refractivity contribution in [2.24, 2.45) is 0 Å². The molecule has 0 heterocycles. The molecule has 0 N–H and O–H groups in total. The number of rotatable bonds is 9. The monoisotopic (exact) mass is 241 g/mol. The number of nitrogens with zero attached hydrogens (tertiary/aromatic N) is 1. The SMILES string of the molecule is CN(C)CCCCCCCCCCl.Cl. The Morgan fingerprint density at radius 2 is 1.21 bits per heavy atom. The maximum Gasteiger partial charge on any atom is 0.0223 e. The Hall–Kier alpha value is 0.540. The fraction of sp³-hybridized carbons (Fsp3) is 1.00. The van der Waals surface area contributed by atoms with Crippen LogP contribution in [-0.4, -0.2) is 31.4 Å². The van der Waals surface area contributed by atoms with E-state index in [0.717, 1.165) is 5.88 Å². The minimum absolute atomic E-state index is 0. The predicted octanol–water partition coefficient (Wildman–Crippen LogP) is 3.94. The largest absolute Gasteiger partial charge is 0.309 e. The maximum atomic E-state index is 5.59. The van der Waals surface area contributed by atoms with Crippen molar-refractivity contribution in [3.8, 4) is 0 Å². The van der Waals surface area contributed by atoms with Crippen molar-refractivity contribution in [2.75, 3.05) is 26.5 Å². The van der Waals surface area contributed by atoms with Crippen LogP contribution in [0.3, 0.4) is 0 Å². The Morgan fingerprint density at radius 1 is 0.786 bits per heavy atom. The van der Waals surface area contributed by atoms with Crippen molar-refractivity contribution in [3.63, 3.8) is 0 Å². The zero-order valence-electron chi connectivity index (χ0n) is 9.60. The molecule has 88 valence electrons. The highest BCUT2D eigenvalue weighted by atomic mass is 35.5. The number of alkyl halides is 1. The molecule has 0 aromatic heterocycles. The van der Waals surface area contributed by atoms with E-state index in [9.17, 15) is 0 Å². The fourth-order valence-corrected chi connectivity index (χ4v) is 1.60. The van der Waals surface area contributed by atoms with Crippen molar-refractivity contribution in [1.29, 1.82) is 0 Å². The van der Waals surface area contributed by atoms with Gasteiger partial charge in [-0.25, -0.2) is 0 Å². The van der Waals surface area contributed by atoms with Gasteiger partial charge in [0.1, 0.15) is 0 Å². The smallest absolute Gasteiger partial charge is 0.0223 e. The van der Waals surface area contributed by atoms with Crippen molar-refractivity contribution >= 4 is 24.0 Å². The van der Waals surface area contributed by atoms with Crippen LogP contribution in [0.4, 0.5) is 0 Å². The molecule has 1 nitrogen and oxygen atoms in total. The molecule has 0 aromatic carbocycles. The van der Waals surface area contributed by atoms with Gasteiger partial charge < -0.3 is 4.90 Å². The van der Waals surface area contributed by atoms with E-state index < -0.39 is 0 Å². The van der Waals surface area contributed by atoms with Crippen molar-refractivity contribution in [3.05, 3.63) is 0 Å². The Bertz CT molecular complexity index is 97.3. The third-order valence-electron chi connectivity index (χ3n) is 2.24. The van der Waals surface area contributed by atoms with Crippen molar-refractivity contribution in [1.82, 2.24) is 4.90 Å². The average Bonchev–Trinajstić information content (AvgIpc) is 2.09. The van der Waals surface area contributed by atoms with E-state index in [1.807, 2.05) is 0 Å². The summed E-state index contributed by atoms with van der Waals surface area (Å²) in [7, 11) is 4.28. The van der Waals surface area contributed by atoms with Crippen LogP contribution in [0.2, 0.25) is 0 Å². The lowest BCUT2D eigenvalue weighted by Crippen LogP contribution is -2.12. The van der Waals surface area contributed by atoms with Crippen LogP contribution in [0.1, 0.15) is 44.9 Å². The Labute approximate surface area is 101 Å². The summed E-state index contributed by atoms with van der Waals surface area (Å²) < 4.78 is 0. The number of unbranched alkanes of at least 4 members (excludes halogenated alkanes) is 6. The van der Waals surface area contributed by atoms with Crippen LogP contribution in [0.5, 0.6) is 0 Å². The van der Waals surface area contributed by atoms with Gasteiger partial charge in [0, 0.05) is 5.88 Å². The molecule has 0 amide bonds. The first-order valence-electron chi connectivity index (χ1n) is 5.48. The number of halogens is 2. The summed E-state index contributed by atoms with van der Waals surface area (Å²) >= 11 is 5.59. The van der Waals surface area contributed by atoms with Crippen LogP contribution in [0.25, 0.3) is 0 Å². The van der Waals surface area contributed by atoms with E-state index in [0.29, 0.717) is 0 Å². The number of hydrogen-bond donors (Lipinski definition) is 0. The van der Waals surface area contributed by atoms with Crippen molar-refractivity contribution in [2.45, 2.75) is 44.9 Å². The fourth-order valence-electron chi connectivity index (χ4n) is 1.41. The van der Waals surface area contributed by atoms with E-state index in [2.05, 4.69) is 19.0 Å².